The highest BCUT2D eigenvalue weighted by Gasteiger charge is 2.36. The van der Waals surface area contributed by atoms with Gasteiger partial charge in [-0.2, -0.15) is 0 Å². The van der Waals surface area contributed by atoms with E-state index in [-0.39, 0.29) is 17.1 Å². The van der Waals surface area contributed by atoms with Crippen molar-refractivity contribution in [3.8, 4) is 5.75 Å². The molecule has 0 fully saturated rings. The summed E-state index contributed by atoms with van der Waals surface area (Å²) in [7, 11) is 0. The van der Waals surface area contributed by atoms with Crippen molar-refractivity contribution in [3.63, 3.8) is 0 Å². The van der Waals surface area contributed by atoms with Crippen LogP contribution in [-0.4, -0.2) is 56.6 Å². The van der Waals surface area contributed by atoms with Crippen LogP contribution in [0.4, 0.5) is 4.39 Å². The minimum absolute atomic E-state index is 0.0806. The first kappa shape index (κ1) is 17.6. The molecule has 5 N–H and O–H groups in total. The van der Waals surface area contributed by atoms with Gasteiger partial charge < -0.3 is 21.1 Å². The molecule has 0 saturated heterocycles. The maximum Gasteiger partial charge on any atom is 0.323 e. The van der Waals surface area contributed by atoms with Gasteiger partial charge in [0.1, 0.15) is 18.1 Å². The van der Waals surface area contributed by atoms with E-state index in [0.29, 0.717) is 0 Å². The minimum atomic E-state index is -1.27. The molecule has 0 spiro atoms. The second-order valence-corrected chi connectivity index (χ2v) is 5.26. The van der Waals surface area contributed by atoms with Crippen LogP contribution in [0.5, 0.6) is 5.75 Å². The molecule has 9 heteroatoms. The number of amidine groups is 1. The molecule has 1 amide bonds. The molecule has 0 aromatic heterocycles. The topological polar surface area (TPSA) is 136 Å². The molecule has 0 aliphatic carbocycles. The van der Waals surface area contributed by atoms with E-state index in [0.717, 1.165) is 17.0 Å². The Morgan fingerprint density at radius 3 is 2.71 bits per heavy atom. The number of phenols is 1. The first-order valence-electron chi connectivity index (χ1n) is 6.96. The normalized spacial score (nSPS) is 18.7. The van der Waals surface area contributed by atoms with Crippen molar-refractivity contribution in [2.45, 2.75) is 19.1 Å². The van der Waals surface area contributed by atoms with Crippen LogP contribution in [0.3, 0.4) is 0 Å². The number of hydrogen-bond acceptors (Lipinski definition) is 6. The fourth-order valence-electron chi connectivity index (χ4n) is 2.10. The first-order chi connectivity index (χ1) is 11.2. The molecule has 1 aliphatic rings. The van der Waals surface area contributed by atoms with Gasteiger partial charge in [-0.05, 0) is 30.7 Å². The lowest BCUT2D eigenvalue weighted by molar-refractivity contribution is -0.140. The number of rotatable bonds is 5. The number of aliphatic hydroxyl groups excluding tert-OH is 1. The van der Waals surface area contributed by atoms with Crippen molar-refractivity contribution < 1.29 is 29.3 Å². The molecule has 0 radical (unpaired) electrons. The summed E-state index contributed by atoms with van der Waals surface area (Å²) in [5.74, 6) is -3.49. The maximum absolute atomic E-state index is 13.4. The van der Waals surface area contributed by atoms with E-state index in [9.17, 15) is 19.1 Å². The summed E-state index contributed by atoms with van der Waals surface area (Å²) < 4.78 is 13.4. The Morgan fingerprint density at radius 1 is 1.50 bits per heavy atom. The zero-order valence-electron chi connectivity index (χ0n) is 12.7. The summed E-state index contributed by atoms with van der Waals surface area (Å²) in [6.07, 6.45) is 0.180. The molecule has 0 unspecified atom stereocenters. The van der Waals surface area contributed by atoms with E-state index < -0.39 is 42.1 Å². The molecule has 24 heavy (non-hydrogen) atoms. The molecule has 0 bridgehead atoms. The summed E-state index contributed by atoms with van der Waals surface area (Å²) >= 11 is 0. The first-order valence-corrected chi connectivity index (χ1v) is 6.96. The molecule has 1 aliphatic heterocycles. The van der Waals surface area contributed by atoms with Gasteiger partial charge in [0.05, 0.1) is 12.1 Å². The lowest BCUT2D eigenvalue weighted by Gasteiger charge is -2.22. The molecular weight excluding hydrogens is 321 g/mol. The van der Waals surface area contributed by atoms with Crippen LogP contribution in [0.2, 0.25) is 0 Å². The molecule has 1 aromatic rings. The number of carboxylic acids is 1. The highest BCUT2D eigenvalue weighted by Crippen LogP contribution is 2.22. The van der Waals surface area contributed by atoms with Gasteiger partial charge >= 0.3 is 5.97 Å². The number of nitrogens with two attached hydrogens (primary N) is 1. The fraction of sp³-hybridized carbons (Fsp3) is 0.267. The van der Waals surface area contributed by atoms with E-state index >= 15 is 0 Å². The number of aliphatic imine (C=N–C) groups is 1. The third kappa shape index (κ3) is 3.58. The van der Waals surface area contributed by atoms with Crippen molar-refractivity contribution in [3.05, 3.63) is 35.3 Å². The number of aliphatic carboxylic acids is 1. The number of aromatic hydroxyl groups is 1. The zero-order chi connectivity index (χ0) is 18.0. The van der Waals surface area contributed by atoms with E-state index in [1.165, 1.54) is 19.1 Å². The molecule has 1 heterocycles. The van der Waals surface area contributed by atoms with Crippen molar-refractivity contribution in [1.29, 1.82) is 0 Å². The van der Waals surface area contributed by atoms with Gasteiger partial charge in [0.15, 0.2) is 11.6 Å². The van der Waals surface area contributed by atoms with Crippen LogP contribution in [-0.2, 0) is 9.59 Å². The Hall–Kier alpha value is -2.78. The summed E-state index contributed by atoms with van der Waals surface area (Å²) in [5.41, 5.74) is 5.87. The predicted molar refractivity (Wildman–Crippen MR) is 82.5 cm³/mol. The van der Waals surface area contributed by atoms with Gasteiger partial charge in [-0.15, -0.1) is 0 Å². The summed E-state index contributed by atoms with van der Waals surface area (Å²) in [6.45, 7) is 0.715. The lowest BCUT2D eigenvalue weighted by Crippen LogP contribution is -2.50. The monoisotopic (exact) mass is 337 g/mol. The quantitative estimate of drug-likeness (QED) is 0.554. The van der Waals surface area contributed by atoms with Gasteiger partial charge in [-0.25, -0.2) is 9.38 Å². The van der Waals surface area contributed by atoms with Gasteiger partial charge in [0.2, 0.25) is 0 Å². The second kappa shape index (κ2) is 6.77. The third-order valence-electron chi connectivity index (χ3n) is 3.36. The molecule has 1 aromatic carbocycles. The Kier molecular flexibility index (Phi) is 4.96. The van der Waals surface area contributed by atoms with Crippen LogP contribution in [0, 0.1) is 5.82 Å². The van der Waals surface area contributed by atoms with Crippen molar-refractivity contribution in [1.82, 2.24) is 4.90 Å². The van der Waals surface area contributed by atoms with Gasteiger partial charge in [0.25, 0.3) is 5.91 Å². The molecule has 0 saturated carbocycles. The van der Waals surface area contributed by atoms with Crippen molar-refractivity contribution >= 4 is 23.8 Å². The molecular formula is C15H16FN3O5. The number of amides is 1. The summed E-state index contributed by atoms with van der Waals surface area (Å²) in [6, 6.07) is 2.42. The van der Waals surface area contributed by atoms with Gasteiger partial charge in [-0.3, -0.25) is 14.5 Å². The molecule has 2 rings (SSSR count). The number of nitrogens with zero attached hydrogens (tertiary/aromatic N) is 2. The number of aliphatic hydroxyl groups is 1. The molecule has 128 valence electrons. The van der Waals surface area contributed by atoms with E-state index in [1.54, 1.807) is 0 Å². The number of carbonyl (C=O) groups excluding carboxylic acids is 1. The Labute approximate surface area is 136 Å². The predicted octanol–water partition coefficient (Wildman–Crippen LogP) is -0.0944. The number of carbonyl (C=O) groups is 2. The van der Waals surface area contributed by atoms with Crippen LogP contribution in [0.15, 0.2) is 28.9 Å². The Bertz CT molecular complexity index is 745. The highest BCUT2D eigenvalue weighted by molar-refractivity contribution is 6.17. The number of hydrogen-bond donors (Lipinski definition) is 4. The van der Waals surface area contributed by atoms with Gasteiger partial charge in [0, 0.05) is 0 Å². The van der Waals surface area contributed by atoms with Crippen LogP contribution < -0.4 is 5.73 Å². The summed E-state index contributed by atoms with van der Waals surface area (Å²) in [4.78, 5) is 28.1. The minimum Gasteiger partial charge on any atom is -0.505 e. The number of phenolic OH excluding ortho intramolecular Hbond substituents is 1. The number of halogens is 1. The van der Waals surface area contributed by atoms with Crippen LogP contribution in [0.1, 0.15) is 12.5 Å². The van der Waals surface area contributed by atoms with Crippen molar-refractivity contribution in [2.75, 3.05) is 6.54 Å². The van der Waals surface area contributed by atoms with Crippen molar-refractivity contribution in [2.24, 2.45) is 10.7 Å². The Balaban J connectivity index is 2.42. The zero-order valence-corrected chi connectivity index (χ0v) is 12.7. The van der Waals surface area contributed by atoms with Crippen LogP contribution >= 0.6 is 0 Å². The van der Waals surface area contributed by atoms with Crippen LogP contribution in [0.25, 0.3) is 6.08 Å². The SMILES string of the molecule is C[C@@H](O)[C@H](N)C1=N/C(=C\c2ccc(O)c(F)c2)C(=O)N1CC(=O)O. The average molecular weight is 337 g/mol. The smallest absolute Gasteiger partial charge is 0.323 e. The maximum atomic E-state index is 13.4. The van der Waals surface area contributed by atoms with Gasteiger partial charge in [-0.1, -0.05) is 6.07 Å². The third-order valence-corrected chi connectivity index (χ3v) is 3.36. The molecule has 8 nitrogen and oxygen atoms in total. The van der Waals surface area contributed by atoms with E-state index in [1.807, 2.05) is 0 Å². The molecule has 2 atom stereocenters. The van der Waals surface area contributed by atoms with E-state index in [2.05, 4.69) is 4.99 Å². The fourth-order valence-corrected chi connectivity index (χ4v) is 2.10. The van der Waals surface area contributed by atoms with E-state index in [4.69, 9.17) is 15.9 Å². The highest BCUT2D eigenvalue weighted by atomic mass is 19.1. The second-order valence-electron chi connectivity index (χ2n) is 5.26. The lowest BCUT2D eigenvalue weighted by atomic mass is 10.1. The largest absolute Gasteiger partial charge is 0.505 e. The Morgan fingerprint density at radius 2 is 2.17 bits per heavy atom. The number of carboxylic acid groups (broad SMARTS) is 1. The number of benzene rings is 1. The average Bonchev–Trinajstić information content (AvgIpc) is 2.79. The standard InChI is InChI=1S/C15H16FN3O5/c1-7(20)13(17)14-18-10(15(24)19(14)6-12(22)23)5-8-2-3-11(21)9(16)4-8/h2-5,7,13,20-21H,6,17H2,1H3,(H,22,23)/b10-5-/t7-,13+/m1/s1. The summed E-state index contributed by atoms with van der Waals surface area (Å²) in [5, 5.41) is 27.7.